The van der Waals surface area contributed by atoms with E-state index in [0.29, 0.717) is 24.3 Å². The number of nitriles is 1. The zero-order valence-electron chi connectivity index (χ0n) is 9.88. The molecule has 0 aliphatic heterocycles. The normalized spacial score (nSPS) is 10.9. The molecule has 0 heterocycles. The Balaban J connectivity index is 2.50. The first-order valence-electron chi connectivity index (χ1n) is 5.25. The molecule has 0 radical (unpaired) electrons. The lowest BCUT2D eigenvalue weighted by Crippen LogP contribution is -2.13. The molecule has 0 amide bonds. The van der Waals surface area contributed by atoms with Crippen molar-refractivity contribution in [3.05, 3.63) is 29.6 Å². The number of rotatable bonds is 4. The fraction of sp³-hybridized carbons (Fsp3) is 0.462. The summed E-state index contributed by atoms with van der Waals surface area (Å²) in [5.74, 6) is 0.244. The lowest BCUT2D eigenvalue weighted by Gasteiger charge is -2.15. The quantitative estimate of drug-likeness (QED) is 0.780. The molecular weight excluding hydrogens is 205 g/mol. The second kappa shape index (κ2) is 4.98. The van der Waals surface area contributed by atoms with Gasteiger partial charge in [-0.1, -0.05) is 6.07 Å². The van der Waals surface area contributed by atoms with Gasteiger partial charge in [0.15, 0.2) is 0 Å². The zero-order chi connectivity index (χ0) is 12.2. The van der Waals surface area contributed by atoms with Crippen molar-refractivity contribution in [2.24, 2.45) is 5.41 Å². The average Bonchev–Trinajstić information content (AvgIpc) is 2.23. The van der Waals surface area contributed by atoms with Gasteiger partial charge in [-0.25, -0.2) is 4.39 Å². The van der Waals surface area contributed by atoms with Crippen LogP contribution in [0, 0.1) is 29.5 Å². The van der Waals surface area contributed by atoms with Gasteiger partial charge in [-0.3, -0.25) is 0 Å². The van der Waals surface area contributed by atoms with Gasteiger partial charge in [0.2, 0.25) is 0 Å². The van der Waals surface area contributed by atoms with Crippen LogP contribution in [0.5, 0.6) is 5.75 Å². The summed E-state index contributed by atoms with van der Waals surface area (Å²) in [4.78, 5) is 0. The molecule has 0 N–H and O–H groups in total. The van der Waals surface area contributed by atoms with Crippen LogP contribution >= 0.6 is 0 Å². The van der Waals surface area contributed by atoms with E-state index < -0.39 is 5.41 Å². The zero-order valence-corrected chi connectivity index (χ0v) is 9.88. The monoisotopic (exact) mass is 221 g/mol. The number of ether oxygens (including phenoxy) is 1. The Morgan fingerprint density at radius 1 is 1.44 bits per heavy atom. The molecule has 86 valence electrons. The summed E-state index contributed by atoms with van der Waals surface area (Å²) in [5, 5.41) is 8.81. The van der Waals surface area contributed by atoms with Crippen molar-refractivity contribution >= 4 is 0 Å². The fourth-order valence-electron chi connectivity index (χ4n) is 1.14. The van der Waals surface area contributed by atoms with Crippen molar-refractivity contribution < 1.29 is 9.13 Å². The molecule has 0 saturated heterocycles. The Hall–Kier alpha value is -1.56. The van der Waals surface area contributed by atoms with Crippen molar-refractivity contribution in [3.63, 3.8) is 0 Å². The molecule has 1 rings (SSSR count). The molecule has 1 aromatic rings. The lowest BCUT2D eigenvalue weighted by atomic mass is 9.92. The third kappa shape index (κ3) is 3.54. The molecule has 0 aromatic heterocycles. The Morgan fingerprint density at radius 3 is 2.69 bits per heavy atom. The molecule has 0 aliphatic carbocycles. The number of halogens is 1. The molecule has 0 unspecified atom stereocenters. The maximum atomic E-state index is 13.2. The molecule has 0 fully saturated rings. The molecule has 0 aliphatic rings. The lowest BCUT2D eigenvalue weighted by molar-refractivity contribution is 0.263. The average molecular weight is 221 g/mol. The van der Waals surface area contributed by atoms with Crippen molar-refractivity contribution in [1.29, 1.82) is 5.26 Å². The predicted octanol–water partition coefficient (Wildman–Crippen LogP) is 3.45. The Kier molecular flexibility index (Phi) is 3.89. The van der Waals surface area contributed by atoms with E-state index in [1.54, 1.807) is 19.1 Å². The van der Waals surface area contributed by atoms with Crippen LogP contribution in [-0.4, -0.2) is 6.61 Å². The standard InChI is InChI=1S/C13H16FNO/c1-10-4-5-11(8-12(10)14)16-7-6-13(2,3)9-15/h4-5,8H,6-7H2,1-3H3. The largest absolute Gasteiger partial charge is 0.493 e. The number of hydrogen-bond donors (Lipinski definition) is 0. The SMILES string of the molecule is Cc1ccc(OCCC(C)(C)C#N)cc1F. The van der Waals surface area contributed by atoms with E-state index in [-0.39, 0.29) is 5.82 Å². The van der Waals surface area contributed by atoms with Gasteiger partial charge < -0.3 is 4.74 Å². The molecule has 3 heteroatoms. The summed E-state index contributed by atoms with van der Waals surface area (Å²) >= 11 is 0. The highest BCUT2D eigenvalue weighted by Crippen LogP contribution is 2.20. The van der Waals surface area contributed by atoms with Gasteiger partial charge in [0.25, 0.3) is 0 Å². The topological polar surface area (TPSA) is 33.0 Å². The summed E-state index contributed by atoms with van der Waals surface area (Å²) in [6, 6.07) is 6.98. The first-order valence-corrected chi connectivity index (χ1v) is 5.25. The van der Waals surface area contributed by atoms with E-state index in [4.69, 9.17) is 10.00 Å². The maximum absolute atomic E-state index is 13.2. The number of benzene rings is 1. The van der Waals surface area contributed by atoms with E-state index in [1.165, 1.54) is 6.07 Å². The van der Waals surface area contributed by atoms with Crippen molar-refractivity contribution in [1.82, 2.24) is 0 Å². The minimum absolute atomic E-state index is 0.267. The molecule has 0 bridgehead atoms. The summed E-state index contributed by atoms with van der Waals surface area (Å²) < 4.78 is 18.6. The molecule has 0 atom stereocenters. The van der Waals surface area contributed by atoms with Gasteiger partial charge in [0.1, 0.15) is 11.6 Å². The molecule has 2 nitrogen and oxygen atoms in total. The number of hydrogen-bond acceptors (Lipinski definition) is 2. The van der Waals surface area contributed by atoms with Crippen LogP contribution in [0.25, 0.3) is 0 Å². The summed E-state index contributed by atoms with van der Waals surface area (Å²) in [6.07, 6.45) is 0.624. The van der Waals surface area contributed by atoms with E-state index >= 15 is 0 Å². The van der Waals surface area contributed by atoms with Crippen LogP contribution in [0.15, 0.2) is 18.2 Å². The molecule has 0 spiro atoms. The number of nitrogens with zero attached hydrogens (tertiary/aromatic N) is 1. The van der Waals surface area contributed by atoms with Crippen LogP contribution in [-0.2, 0) is 0 Å². The minimum Gasteiger partial charge on any atom is -0.493 e. The van der Waals surface area contributed by atoms with Gasteiger partial charge in [-0.05, 0) is 38.8 Å². The van der Waals surface area contributed by atoms with E-state index in [2.05, 4.69) is 6.07 Å². The maximum Gasteiger partial charge on any atom is 0.129 e. The van der Waals surface area contributed by atoms with Gasteiger partial charge in [0, 0.05) is 6.07 Å². The van der Waals surface area contributed by atoms with Crippen LogP contribution in [0.1, 0.15) is 25.8 Å². The van der Waals surface area contributed by atoms with Crippen LogP contribution in [0.4, 0.5) is 4.39 Å². The Labute approximate surface area is 95.7 Å². The molecule has 16 heavy (non-hydrogen) atoms. The molecule has 1 aromatic carbocycles. The number of aryl methyl sites for hydroxylation is 1. The van der Waals surface area contributed by atoms with Crippen molar-refractivity contribution in [2.45, 2.75) is 27.2 Å². The van der Waals surface area contributed by atoms with Gasteiger partial charge in [-0.15, -0.1) is 0 Å². The highest BCUT2D eigenvalue weighted by molar-refractivity contribution is 5.27. The third-order valence-electron chi connectivity index (χ3n) is 2.44. The van der Waals surface area contributed by atoms with Crippen molar-refractivity contribution in [3.8, 4) is 11.8 Å². The Bertz CT molecular complexity index is 407. The van der Waals surface area contributed by atoms with Crippen LogP contribution in [0.2, 0.25) is 0 Å². The molecule has 0 saturated carbocycles. The Morgan fingerprint density at radius 2 is 2.12 bits per heavy atom. The fourth-order valence-corrected chi connectivity index (χ4v) is 1.14. The highest BCUT2D eigenvalue weighted by Gasteiger charge is 2.16. The smallest absolute Gasteiger partial charge is 0.129 e. The minimum atomic E-state index is -0.400. The van der Waals surface area contributed by atoms with Crippen LogP contribution in [0.3, 0.4) is 0 Å². The van der Waals surface area contributed by atoms with Gasteiger partial charge >= 0.3 is 0 Å². The molecular formula is C13H16FNO. The van der Waals surface area contributed by atoms with E-state index in [1.807, 2.05) is 13.8 Å². The second-order valence-corrected chi connectivity index (χ2v) is 4.51. The van der Waals surface area contributed by atoms with Gasteiger partial charge in [-0.2, -0.15) is 5.26 Å². The van der Waals surface area contributed by atoms with Gasteiger partial charge in [0.05, 0.1) is 18.1 Å². The van der Waals surface area contributed by atoms with Crippen LogP contribution < -0.4 is 4.74 Å². The third-order valence-corrected chi connectivity index (χ3v) is 2.44. The predicted molar refractivity (Wildman–Crippen MR) is 60.6 cm³/mol. The van der Waals surface area contributed by atoms with E-state index in [0.717, 1.165) is 0 Å². The summed E-state index contributed by atoms with van der Waals surface area (Å²) in [6.45, 7) is 5.83. The summed E-state index contributed by atoms with van der Waals surface area (Å²) in [7, 11) is 0. The first kappa shape index (κ1) is 12.5. The first-order chi connectivity index (χ1) is 7.44. The summed E-state index contributed by atoms with van der Waals surface area (Å²) in [5.41, 5.74) is 0.202. The van der Waals surface area contributed by atoms with Crippen molar-refractivity contribution in [2.75, 3.05) is 6.61 Å². The van der Waals surface area contributed by atoms with E-state index in [9.17, 15) is 4.39 Å². The highest BCUT2D eigenvalue weighted by atomic mass is 19.1. The second-order valence-electron chi connectivity index (χ2n) is 4.51.